The lowest BCUT2D eigenvalue weighted by Crippen LogP contribution is -2.41. The average Bonchev–Trinajstić information content (AvgIpc) is 3.08. The summed E-state index contributed by atoms with van der Waals surface area (Å²) in [6, 6.07) is 13.1. The third-order valence-corrected chi connectivity index (χ3v) is 5.78. The number of aliphatic imine (C=N–C) groups is 2. The predicted molar refractivity (Wildman–Crippen MR) is 116 cm³/mol. The van der Waals surface area contributed by atoms with Gasteiger partial charge in [-0.2, -0.15) is 0 Å². The summed E-state index contributed by atoms with van der Waals surface area (Å²) >= 11 is 1.21. The number of para-hydroxylation sites is 1. The van der Waals surface area contributed by atoms with Crippen molar-refractivity contribution in [2.45, 2.75) is 32.4 Å². The molecule has 0 saturated carbocycles. The number of amides is 2. The van der Waals surface area contributed by atoms with E-state index in [0.29, 0.717) is 24.0 Å². The van der Waals surface area contributed by atoms with E-state index in [1.807, 2.05) is 31.2 Å². The highest BCUT2D eigenvalue weighted by Gasteiger charge is 2.40. The third kappa shape index (κ3) is 4.14. The predicted octanol–water partition coefficient (Wildman–Crippen LogP) is 3.63. The van der Waals surface area contributed by atoms with Gasteiger partial charge >= 0.3 is 0 Å². The van der Waals surface area contributed by atoms with Crippen LogP contribution in [-0.2, 0) is 16.1 Å². The summed E-state index contributed by atoms with van der Waals surface area (Å²) in [5.74, 6) is 0.113. The normalized spacial score (nSPS) is 17.2. The van der Waals surface area contributed by atoms with Crippen LogP contribution < -0.4 is 5.32 Å². The molecular weight excluding hydrogens is 403 g/mol. The van der Waals surface area contributed by atoms with Gasteiger partial charge < -0.3 is 5.32 Å². The van der Waals surface area contributed by atoms with Crippen molar-refractivity contribution in [1.82, 2.24) is 10.2 Å². The van der Waals surface area contributed by atoms with E-state index in [0.717, 1.165) is 23.2 Å². The molecule has 0 spiro atoms. The van der Waals surface area contributed by atoms with Gasteiger partial charge in [-0.1, -0.05) is 49.4 Å². The lowest BCUT2D eigenvalue weighted by molar-refractivity contribution is -0.124. The molecule has 0 aliphatic carbocycles. The van der Waals surface area contributed by atoms with Crippen molar-refractivity contribution in [2.75, 3.05) is 5.75 Å². The Kier molecular flexibility index (Phi) is 5.94. The monoisotopic (exact) mass is 424 g/mol. The van der Waals surface area contributed by atoms with Crippen molar-refractivity contribution in [3.05, 3.63) is 65.5 Å². The number of carbonyl (C=O) groups excluding carboxylic acids is 2. The number of hydrogen-bond acceptors (Lipinski definition) is 5. The maximum atomic E-state index is 13.0. The van der Waals surface area contributed by atoms with Gasteiger partial charge in [-0.15, -0.1) is 0 Å². The standard InChI is InChI=1S/C22H21FN4O2S/c1-2-5-18-21(29)27-20(25-18)16-6-3-4-7-17(16)26-22(27)30-13-19(28)24-12-14-8-10-15(23)11-9-14/h3-4,6-11,18H,2,5,12-13H2,1H3,(H,24,28)/t18-/m0/s1. The molecule has 1 N–H and O–H groups in total. The second kappa shape index (κ2) is 8.79. The molecule has 0 bridgehead atoms. The quantitative estimate of drug-likeness (QED) is 0.770. The molecule has 1 atom stereocenters. The van der Waals surface area contributed by atoms with Gasteiger partial charge in [0.05, 0.1) is 11.4 Å². The zero-order valence-corrected chi connectivity index (χ0v) is 17.3. The highest BCUT2D eigenvalue weighted by Crippen LogP contribution is 2.34. The van der Waals surface area contributed by atoms with Crippen molar-refractivity contribution < 1.29 is 14.0 Å². The number of halogens is 1. The Labute approximate surface area is 178 Å². The SMILES string of the molecule is CCC[C@@H]1N=C2c3ccccc3N=C(SCC(=O)NCc3ccc(F)cc3)N2C1=O. The molecule has 2 aliphatic heterocycles. The maximum absolute atomic E-state index is 13.0. The topological polar surface area (TPSA) is 74.1 Å². The summed E-state index contributed by atoms with van der Waals surface area (Å²) in [6.07, 6.45) is 1.53. The van der Waals surface area contributed by atoms with Crippen LogP contribution in [-0.4, -0.2) is 39.5 Å². The zero-order chi connectivity index (χ0) is 21.1. The highest BCUT2D eigenvalue weighted by molar-refractivity contribution is 8.14. The summed E-state index contributed by atoms with van der Waals surface area (Å²) in [6.45, 7) is 2.33. The number of thioether (sulfide) groups is 1. The lowest BCUT2D eigenvalue weighted by Gasteiger charge is -2.25. The van der Waals surface area contributed by atoms with E-state index in [1.165, 1.54) is 23.9 Å². The van der Waals surface area contributed by atoms with E-state index in [2.05, 4.69) is 15.3 Å². The minimum atomic E-state index is -0.408. The molecule has 30 heavy (non-hydrogen) atoms. The number of nitrogens with zero attached hydrogens (tertiary/aromatic N) is 3. The Balaban J connectivity index is 1.46. The number of fused-ring (bicyclic) bond motifs is 3. The van der Waals surface area contributed by atoms with Gasteiger partial charge in [-0.05, 0) is 36.2 Å². The van der Waals surface area contributed by atoms with Gasteiger partial charge in [0.2, 0.25) is 5.91 Å². The van der Waals surface area contributed by atoms with E-state index < -0.39 is 6.04 Å². The van der Waals surface area contributed by atoms with Crippen molar-refractivity contribution in [3.8, 4) is 0 Å². The molecule has 8 heteroatoms. The number of amidine groups is 2. The fourth-order valence-electron chi connectivity index (χ4n) is 3.34. The molecule has 154 valence electrons. The lowest BCUT2D eigenvalue weighted by atomic mass is 10.1. The van der Waals surface area contributed by atoms with Gasteiger partial charge in [0, 0.05) is 12.1 Å². The first-order valence-electron chi connectivity index (χ1n) is 9.80. The van der Waals surface area contributed by atoms with Gasteiger partial charge in [0.1, 0.15) is 17.7 Å². The van der Waals surface area contributed by atoms with Gasteiger partial charge in [0.25, 0.3) is 5.91 Å². The number of carbonyl (C=O) groups is 2. The Morgan fingerprint density at radius 1 is 1.20 bits per heavy atom. The van der Waals surface area contributed by atoms with Crippen LogP contribution in [0.2, 0.25) is 0 Å². The molecule has 2 amide bonds. The minimum Gasteiger partial charge on any atom is -0.351 e. The summed E-state index contributed by atoms with van der Waals surface area (Å²) in [5.41, 5.74) is 2.38. The molecule has 2 aromatic rings. The van der Waals surface area contributed by atoms with E-state index in [-0.39, 0.29) is 23.4 Å². The van der Waals surface area contributed by atoms with Gasteiger partial charge in [-0.25, -0.2) is 14.3 Å². The van der Waals surface area contributed by atoms with Crippen molar-refractivity contribution in [2.24, 2.45) is 9.98 Å². The van der Waals surface area contributed by atoms with E-state index in [1.54, 1.807) is 17.0 Å². The fourth-order valence-corrected chi connectivity index (χ4v) is 4.18. The molecule has 6 nitrogen and oxygen atoms in total. The molecule has 0 fully saturated rings. The molecule has 0 saturated heterocycles. The van der Waals surface area contributed by atoms with Crippen LogP contribution in [0.15, 0.2) is 58.5 Å². The molecule has 2 heterocycles. The van der Waals surface area contributed by atoms with Gasteiger partial charge in [0.15, 0.2) is 5.17 Å². The molecule has 0 radical (unpaired) electrons. The average molecular weight is 425 g/mol. The maximum Gasteiger partial charge on any atom is 0.259 e. The van der Waals surface area contributed by atoms with Crippen molar-refractivity contribution in [3.63, 3.8) is 0 Å². The zero-order valence-electron chi connectivity index (χ0n) is 16.5. The van der Waals surface area contributed by atoms with Crippen molar-refractivity contribution >= 4 is 40.3 Å². The minimum absolute atomic E-state index is 0.0978. The Morgan fingerprint density at radius 3 is 2.73 bits per heavy atom. The Bertz CT molecular complexity index is 1040. The largest absolute Gasteiger partial charge is 0.351 e. The molecule has 4 rings (SSSR count). The fraction of sp³-hybridized carbons (Fsp3) is 0.273. The number of benzene rings is 2. The first-order chi connectivity index (χ1) is 14.6. The molecule has 2 aromatic carbocycles. The van der Waals surface area contributed by atoms with Crippen LogP contribution in [0, 0.1) is 5.82 Å². The van der Waals surface area contributed by atoms with Crippen LogP contribution in [0.25, 0.3) is 0 Å². The third-order valence-electron chi connectivity index (χ3n) is 4.85. The Morgan fingerprint density at radius 2 is 1.97 bits per heavy atom. The van der Waals surface area contributed by atoms with Crippen LogP contribution in [0.3, 0.4) is 0 Å². The second-order valence-corrected chi connectivity index (χ2v) is 7.98. The van der Waals surface area contributed by atoms with E-state index >= 15 is 0 Å². The summed E-state index contributed by atoms with van der Waals surface area (Å²) < 4.78 is 13.0. The number of rotatable bonds is 6. The highest BCUT2D eigenvalue weighted by atomic mass is 32.2. The summed E-state index contributed by atoms with van der Waals surface area (Å²) in [5, 5.41) is 3.27. The van der Waals surface area contributed by atoms with Gasteiger partial charge in [-0.3, -0.25) is 14.6 Å². The molecule has 0 unspecified atom stereocenters. The smallest absolute Gasteiger partial charge is 0.259 e. The first-order valence-corrected chi connectivity index (χ1v) is 10.8. The van der Waals surface area contributed by atoms with Crippen molar-refractivity contribution in [1.29, 1.82) is 0 Å². The van der Waals surface area contributed by atoms with Crippen LogP contribution >= 0.6 is 11.8 Å². The van der Waals surface area contributed by atoms with E-state index in [9.17, 15) is 14.0 Å². The summed E-state index contributed by atoms with van der Waals surface area (Å²) in [4.78, 5) is 36.0. The Hall–Kier alpha value is -3.00. The number of hydrogen-bond donors (Lipinski definition) is 1. The molecule has 0 aromatic heterocycles. The first kappa shape index (κ1) is 20.3. The van der Waals surface area contributed by atoms with Crippen LogP contribution in [0.5, 0.6) is 0 Å². The number of nitrogens with one attached hydrogen (secondary N) is 1. The molecule has 2 aliphatic rings. The van der Waals surface area contributed by atoms with Crippen LogP contribution in [0.4, 0.5) is 10.1 Å². The summed E-state index contributed by atoms with van der Waals surface area (Å²) in [7, 11) is 0. The van der Waals surface area contributed by atoms with Crippen LogP contribution in [0.1, 0.15) is 30.9 Å². The second-order valence-electron chi connectivity index (χ2n) is 7.03. The molecular formula is C22H21FN4O2S. The van der Waals surface area contributed by atoms with E-state index in [4.69, 9.17) is 0 Å².